The van der Waals surface area contributed by atoms with Gasteiger partial charge in [-0.05, 0) is 30.3 Å². The Labute approximate surface area is 129 Å². The lowest BCUT2D eigenvalue weighted by Gasteiger charge is -2.23. The van der Waals surface area contributed by atoms with Gasteiger partial charge in [0.25, 0.3) is 0 Å². The van der Waals surface area contributed by atoms with E-state index >= 15 is 0 Å². The standard InChI is InChI=1S/C17H18ClF2N/c1-2-21(11-13-6-4-3-5-7-13)12-16(18)15-10-14(19)8-9-17(15)20/h3-10,16H,2,11-12H2,1H3. The molecule has 0 fully saturated rings. The van der Waals surface area contributed by atoms with Gasteiger partial charge in [-0.2, -0.15) is 0 Å². The van der Waals surface area contributed by atoms with Crippen LogP contribution in [0.2, 0.25) is 0 Å². The normalized spacial score (nSPS) is 12.6. The van der Waals surface area contributed by atoms with Crippen LogP contribution >= 0.6 is 11.6 Å². The number of nitrogens with zero attached hydrogens (tertiary/aromatic N) is 1. The largest absolute Gasteiger partial charge is 0.298 e. The van der Waals surface area contributed by atoms with Crippen LogP contribution in [0.4, 0.5) is 8.78 Å². The lowest BCUT2D eigenvalue weighted by atomic mass is 10.1. The molecule has 0 radical (unpaired) electrons. The van der Waals surface area contributed by atoms with Crippen molar-refractivity contribution >= 4 is 11.6 Å². The van der Waals surface area contributed by atoms with E-state index in [4.69, 9.17) is 11.6 Å². The first-order chi connectivity index (χ1) is 10.1. The molecule has 1 nitrogen and oxygen atoms in total. The second kappa shape index (κ2) is 7.53. The fourth-order valence-electron chi connectivity index (χ4n) is 2.23. The summed E-state index contributed by atoms with van der Waals surface area (Å²) in [5.41, 5.74) is 1.38. The summed E-state index contributed by atoms with van der Waals surface area (Å²) in [6.45, 7) is 4.01. The minimum atomic E-state index is -0.579. The number of alkyl halides is 1. The third-order valence-corrected chi connectivity index (χ3v) is 3.78. The van der Waals surface area contributed by atoms with Crippen LogP contribution in [0, 0.1) is 11.6 Å². The molecule has 21 heavy (non-hydrogen) atoms. The smallest absolute Gasteiger partial charge is 0.128 e. The molecule has 1 atom stereocenters. The van der Waals surface area contributed by atoms with Crippen molar-refractivity contribution in [3.05, 3.63) is 71.3 Å². The highest BCUT2D eigenvalue weighted by Gasteiger charge is 2.17. The lowest BCUT2D eigenvalue weighted by Crippen LogP contribution is -2.27. The van der Waals surface area contributed by atoms with Gasteiger partial charge in [0.05, 0.1) is 5.38 Å². The van der Waals surface area contributed by atoms with Crippen molar-refractivity contribution in [2.24, 2.45) is 0 Å². The van der Waals surface area contributed by atoms with Gasteiger partial charge in [0, 0.05) is 18.7 Å². The number of rotatable bonds is 6. The molecule has 112 valence electrons. The van der Waals surface area contributed by atoms with Crippen LogP contribution in [0.15, 0.2) is 48.5 Å². The number of hydrogen-bond acceptors (Lipinski definition) is 1. The maximum Gasteiger partial charge on any atom is 0.128 e. The third-order valence-electron chi connectivity index (χ3n) is 3.41. The van der Waals surface area contributed by atoms with E-state index in [1.54, 1.807) is 0 Å². The molecule has 0 aliphatic rings. The highest BCUT2D eigenvalue weighted by Crippen LogP contribution is 2.25. The summed E-state index contributed by atoms with van der Waals surface area (Å²) in [6.07, 6.45) is 0. The van der Waals surface area contributed by atoms with Crippen LogP contribution in [-0.2, 0) is 6.54 Å². The molecule has 1 unspecified atom stereocenters. The Morgan fingerprint density at radius 3 is 2.48 bits per heavy atom. The van der Waals surface area contributed by atoms with E-state index in [2.05, 4.69) is 4.90 Å². The van der Waals surface area contributed by atoms with Crippen molar-refractivity contribution < 1.29 is 8.78 Å². The zero-order chi connectivity index (χ0) is 15.2. The molecule has 0 saturated heterocycles. The Bertz CT molecular complexity index is 574. The minimum absolute atomic E-state index is 0.211. The van der Waals surface area contributed by atoms with Crippen LogP contribution in [0.5, 0.6) is 0 Å². The predicted molar refractivity (Wildman–Crippen MR) is 82.3 cm³/mol. The predicted octanol–water partition coefficient (Wildman–Crippen LogP) is 4.77. The average molecular weight is 310 g/mol. The molecule has 0 amide bonds. The number of halogens is 3. The Kier molecular flexibility index (Phi) is 5.71. The molecule has 0 aliphatic carbocycles. The van der Waals surface area contributed by atoms with E-state index in [0.717, 1.165) is 25.2 Å². The van der Waals surface area contributed by atoms with Gasteiger partial charge in [-0.3, -0.25) is 4.90 Å². The first kappa shape index (κ1) is 15.9. The monoisotopic (exact) mass is 309 g/mol. The molecular weight excluding hydrogens is 292 g/mol. The second-order valence-electron chi connectivity index (χ2n) is 4.95. The molecule has 0 bridgehead atoms. The maximum absolute atomic E-state index is 13.7. The van der Waals surface area contributed by atoms with Crippen molar-refractivity contribution in [1.82, 2.24) is 4.90 Å². The van der Waals surface area contributed by atoms with Gasteiger partial charge in [-0.15, -0.1) is 11.6 Å². The summed E-state index contributed by atoms with van der Waals surface area (Å²) in [7, 11) is 0. The van der Waals surface area contributed by atoms with Crippen molar-refractivity contribution in [3.8, 4) is 0 Å². The van der Waals surface area contributed by atoms with E-state index < -0.39 is 17.0 Å². The van der Waals surface area contributed by atoms with Crippen LogP contribution < -0.4 is 0 Å². The summed E-state index contributed by atoms with van der Waals surface area (Å²) in [5, 5.41) is -0.579. The SMILES string of the molecule is CCN(Cc1ccccc1)CC(Cl)c1cc(F)ccc1F. The molecule has 2 aromatic carbocycles. The van der Waals surface area contributed by atoms with Gasteiger partial charge in [-0.25, -0.2) is 8.78 Å². The van der Waals surface area contributed by atoms with Crippen LogP contribution in [-0.4, -0.2) is 18.0 Å². The van der Waals surface area contributed by atoms with Gasteiger partial charge in [0.1, 0.15) is 11.6 Å². The van der Waals surface area contributed by atoms with Crippen molar-refractivity contribution in [2.75, 3.05) is 13.1 Å². The third kappa shape index (κ3) is 4.51. The van der Waals surface area contributed by atoms with E-state index in [0.29, 0.717) is 6.54 Å². The summed E-state index contributed by atoms with van der Waals surface area (Å²) >= 11 is 6.27. The molecule has 0 aliphatic heterocycles. The molecule has 4 heteroatoms. The zero-order valence-corrected chi connectivity index (χ0v) is 12.7. The highest BCUT2D eigenvalue weighted by molar-refractivity contribution is 6.21. The number of hydrogen-bond donors (Lipinski definition) is 0. The Balaban J connectivity index is 2.05. The molecule has 0 aromatic heterocycles. The Morgan fingerprint density at radius 1 is 1.10 bits per heavy atom. The lowest BCUT2D eigenvalue weighted by molar-refractivity contribution is 0.278. The van der Waals surface area contributed by atoms with Gasteiger partial charge in [0.15, 0.2) is 0 Å². The first-order valence-electron chi connectivity index (χ1n) is 6.95. The summed E-state index contributed by atoms with van der Waals surface area (Å²) in [5.74, 6) is -0.935. The molecular formula is C17H18ClF2N. The zero-order valence-electron chi connectivity index (χ0n) is 11.9. The van der Waals surface area contributed by atoms with Crippen molar-refractivity contribution in [2.45, 2.75) is 18.8 Å². The first-order valence-corrected chi connectivity index (χ1v) is 7.39. The topological polar surface area (TPSA) is 3.24 Å². The molecule has 2 aromatic rings. The fourth-order valence-corrected chi connectivity index (χ4v) is 2.59. The van der Waals surface area contributed by atoms with Crippen molar-refractivity contribution in [1.29, 1.82) is 0 Å². The van der Waals surface area contributed by atoms with E-state index in [1.165, 1.54) is 11.6 Å². The van der Waals surface area contributed by atoms with Crippen LogP contribution in [0.3, 0.4) is 0 Å². The number of benzene rings is 2. The Hall–Kier alpha value is -1.45. The van der Waals surface area contributed by atoms with E-state index in [9.17, 15) is 8.78 Å². The fraction of sp³-hybridized carbons (Fsp3) is 0.294. The quantitative estimate of drug-likeness (QED) is 0.695. The maximum atomic E-state index is 13.7. The van der Waals surface area contributed by atoms with Crippen molar-refractivity contribution in [3.63, 3.8) is 0 Å². The van der Waals surface area contributed by atoms with Gasteiger partial charge in [-0.1, -0.05) is 37.3 Å². The molecule has 0 N–H and O–H groups in total. The molecule has 2 rings (SSSR count). The number of likely N-dealkylation sites (N-methyl/N-ethyl adjacent to an activating group) is 1. The summed E-state index contributed by atoms with van der Waals surface area (Å²) < 4.78 is 27.0. The summed E-state index contributed by atoms with van der Waals surface area (Å²) in [6, 6.07) is 13.4. The van der Waals surface area contributed by atoms with E-state index in [1.807, 2.05) is 37.3 Å². The molecule has 0 saturated carbocycles. The second-order valence-corrected chi connectivity index (χ2v) is 5.47. The highest BCUT2D eigenvalue weighted by atomic mass is 35.5. The molecule has 0 spiro atoms. The molecule has 0 heterocycles. The van der Waals surface area contributed by atoms with Gasteiger partial charge >= 0.3 is 0 Å². The summed E-state index contributed by atoms with van der Waals surface area (Å²) in [4.78, 5) is 2.11. The van der Waals surface area contributed by atoms with Crippen LogP contribution in [0.1, 0.15) is 23.4 Å². The Morgan fingerprint density at radius 2 is 1.81 bits per heavy atom. The van der Waals surface area contributed by atoms with Gasteiger partial charge < -0.3 is 0 Å². The average Bonchev–Trinajstić information content (AvgIpc) is 2.50. The van der Waals surface area contributed by atoms with Crippen LogP contribution in [0.25, 0.3) is 0 Å². The van der Waals surface area contributed by atoms with Gasteiger partial charge in [0.2, 0.25) is 0 Å². The van der Waals surface area contributed by atoms with E-state index in [-0.39, 0.29) is 5.56 Å². The minimum Gasteiger partial charge on any atom is -0.298 e.